The quantitative estimate of drug-likeness (QED) is 0.933. The first-order valence-corrected chi connectivity index (χ1v) is 6.96. The van der Waals surface area contributed by atoms with Crippen molar-refractivity contribution in [3.8, 4) is 0 Å². The van der Waals surface area contributed by atoms with Gasteiger partial charge >= 0.3 is 0 Å². The van der Waals surface area contributed by atoms with Crippen LogP contribution >= 0.6 is 15.9 Å². The number of nitrogens with one attached hydrogen (secondary N) is 1. The third-order valence-corrected chi connectivity index (χ3v) is 4.06. The van der Waals surface area contributed by atoms with E-state index in [-0.39, 0.29) is 17.9 Å². The van der Waals surface area contributed by atoms with Crippen LogP contribution in [0.5, 0.6) is 0 Å². The number of rotatable bonds is 3. The zero-order valence-electron chi connectivity index (χ0n) is 10.6. The van der Waals surface area contributed by atoms with E-state index < -0.39 is 0 Å². The van der Waals surface area contributed by atoms with Crippen molar-refractivity contribution in [3.63, 3.8) is 0 Å². The molecule has 2 unspecified atom stereocenters. The molecular weight excluding hydrogens is 296 g/mol. The molecule has 18 heavy (non-hydrogen) atoms. The van der Waals surface area contributed by atoms with Crippen molar-refractivity contribution in [1.29, 1.82) is 0 Å². The molecule has 1 amide bonds. The van der Waals surface area contributed by atoms with Crippen LogP contribution in [0, 0.1) is 12.8 Å². The summed E-state index contributed by atoms with van der Waals surface area (Å²) < 4.78 is 6.47. The Morgan fingerprint density at radius 3 is 3.06 bits per heavy atom. The van der Waals surface area contributed by atoms with Gasteiger partial charge in [-0.2, -0.15) is 0 Å². The lowest BCUT2D eigenvalue weighted by Gasteiger charge is -2.16. The topological polar surface area (TPSA) is 51.2 Å². The molecule has 0 spiro atoms. The van der Waals surface area contributed by atoms with E-state index in [9.17, 15) is 4.79 Å². The van der Waals surface area contributed by atoms with Crippen molar-refractivity contribution < 1.29 is 9.53 Å². The Morgan fingerprint density at radius 2 is 2.39 bits per heavy atom. The number of aromatic nitrogens is 1. The van der Waals surface area contributed by atoms with E-state index >= 15 is 0 Å². The Hall–Kier alpha value is -0.940. The number of hydrogen-bond donors (Lipinski definition) is 1. The van der Waals surface area contributed by atoms with Crippen molar-refractivity contribution in [2.75, 3.05) is 11.9 Å². The highest BCUT2D eigenvalue weighted by Crippen LogP contribution is 2.25. The third-order valence-electron chi connectivity index (χ3n) is 3.22. The van der Waals surface area contributed by atoms with Gasteiger partial charge in [0.05, 0.1) is 17.7 Å². The second-order valence-electron chi connectivity index (χ2n) is 4.47. The number of nitrogens with zero attached hydrogens (tertiary/aromatic N) is 1. The number of aryl methyl sites for hydroxylation is 1. The fraction of sp³-hybridized carbons (Fsp3) is 0.538. The van der Waals surface area contributed by atoms with Gasteiger partial charge in [-0.15, -0.1) is 0 Å². The van der Waals surface area contributed by atoms with Crippen molar-refractivity contribution in [2.45, 2.75) is 32.8 Å². The molecule has 1 aromatic heterocycles. The number of carbonyl (C=O) groups excluding carboxylic acids is 1. The molecule has 0 radical (unpaired) electrons. The van der Waals surface area contributed by atoms with Gasteiger partial charge in [0.25, 0.3) is 0 Å². The van der Waals surface area contributed by atoms with E-state index in [4.69, 9.17) is 4.74 Å². The molecule has 1 aliphatic heterocycles. The largest absolute Gasteiger partial charge is 0.377 e. The first-order valence-electron chi connectivity index (χ1n) is 6.17. The zero-order valence-corrected chi connectivity index (χ0v) is 12.2. The summed E-state index contributed by atoms with van der Waals surface area (Å²) in [6, 6.07) is 3.69. The molecule has 0 aliphatic carbocycles. The molecule has 1 saturated heterocycles. The molecule has 1 fully saturated rings. The molecule has 5 heteroatoms. The van der Waals surface area contributed by atoms with E-state index in [1.165, 1.54) is 0 Å². The number of carbonyl (C=O) groups is 1. The Labute approximate surface area is 115 Å². The first kappa shape index (κ1) is 13.5. The lowest BCUT2D eigenvalue weighted by molar-refractivity contribution is -0.121. The van der Waals surface area contributed by atoms with Crippen molar-refractivity contribution in [3.05, 3.63) is 22.3 Å². The normalized spacial score (nSPS) is 23.1. The lowest BCUT2D eigenvalue weighted by Crippen LogP contribution is -2.29. The van der Waals surface area contributed by atoms with Crippen molar-refractivity contribution in [1.82, 2.24) is 4.98 Å². The molecule has 1 N–H and O–H groups in total. The fourth-order valence-electron chi connectivity index (χ4n) is 2.18. The number of ether oxygens (including phenoxy) is 1. The van der Waals surface area contributed by atoms with Crippen LogP contribution in [0.25, 0.3) is 0 Å². The van der Waals surface area contributed by atoms with Gasteiger partial charge in [-0.25, -0.2) is 4.98 Å². The SMILES string of the molecule is CCC1OCCC1C(=O)Nc1ccc(Br)c(C)n1. The molecule has 98 valence electrons. The smallest absolute Gasteiger partial charge is 0.231 e. The van der Waals surface area contributed by atoms with Gasteiger partial charge in [-0.05, 0) is 47.8 Å². The summed E-state index contributed by atoms with van der Waals surface area (Å²) in [5, 5.41) is 2.87. The second-order valence-corrected chi connectivity index (χ2v) is 5.32. The molecule has 2 rings (SSSR count). The highest BCUT2D eigenvalue weighted by Gasteiger charge is 2.32. The molecule has 0 bridgehead atoms. The van der Waals surface area contributed by atoms with Gasteiger partial charge in [-0.3, -0.25) is 4.79 Å². The van der Waals surface area contributed by atoms with Crippen molar-refractivity contribution >= 4 is 27.7 Å². The minimum Gasteiger partial charge on any atom is -0.377 e. The summed E-state index contributed by atoms with van der Waals surface area (Å²) in [5.41, 5.74) is 0.863. The van der Waals surface area contributed by atoms with Crippen LogP contribution in [0.3, 0.4) is 0 Å². The maximum atomic E-state index is 12.1. The summed E-state index contributed by atoms with van der Waals surface area (Å²) in [5.74, 6) is 0.553. The van der Waals surface area contributed by atoms with Gasteiger partial charge in [0, 0.05) is 11.1 Å². The van der Waals surface area contributed by atoms with Gasteiger partial charge < -0.3 is 10.1 Å². The number of halogens is 1. The first-order chi connectivity index (χ1) is 8.61. The van der Waals surface area contributed by atoms with E-state index in [0.717, 1.165) is 23.0 Å². The van der Waals surface area contributed by atoms with Gasteiger partial charge in [0.2, 0.25) is 5.91 Å². The van der Waals surface area contributed by atoms with E-state index in [1.54, 1.807) is 6.07 Å². The molecule has 2 heterocycles. The van der Waals surface area contributed by atoms with Gasteiger partial charge in [-0.1, -0.05) is 6.92 Å². The van der Waals surface area contributed by atoms with Gasteiger partial charge in [0.1, 0.15) is 5.82 Å². The van der Waals surface area contributed by atoms with E-state index in [1.807, 2.05) is 19.9 Å². The molecule has 0 aromatic carbocycles. The average molecular weight is 313 g/mol. The monoisotopic (exact) mass is 312 g/mol. The summed E-state index contributed by atoms with van der Waals surface area (Å²) in [6.07, 6.45) is 1.70. The van der Waals surface area contributed by atoms with Crippen LogP contribution < -0.4 is 5.32 Å². The lowest BCUT2D eigenvalue weighted by atomic mass is 9.99. The average Bonchev–Trinajstić information content (AvgIpc) is 2.82. The van der Waals surface area contributed by atoms with E-state index in [0.29, 0.717) is 12.4 Å². The Balaban J connectivity index is 2.04. The number of hydrogen-bond acceptors (Lipinski definition) is 3. The summed E-state index contributed by atoms with van der Waals surface area (Å²) in [7, 11) is 0. The molecule has 2 atom stereocenters. The minimum absolute atomic E-state index is 0.00794. The van der Waals surface area contributed by atoms with Gasteiger partial charge in [0.15, 0.2) is 0 Å². The van der Waals surface area contributed by atoms with Crippen LogP contribution in [0.15, 0.2) is 16.6 Å². The summed E-state index contributed by atoms with van der Waals surface area (Å²) >= 11 is 3.39. The second kappa shape index (κ2) is 5.80. The highest BCUT2D eigenvalue weighted by atomic mass is 79.9. The maximum Gasteiger partial charge on any atom is 0.231 e. The number of amides is 1. The molecule has 1 aromatic rings. The fourth-order valence-corrected chi connectivity index (χ4v) is 2.40. The Bertz CT molecular complexity index is 451. The predicted molar refractivity (Wildman–Crippen MR) is 73.4 cm³/mol. The summed E-state index contributed by atoms with van der Waals surface area (Å²) in [4.78, 5) is 16.5. The van der Waals surface area contributed by atoms with Crippen LogP contribution in [0.1, 0.15) is 25.5 Å². The highest BCUT2D eigenvalue weighted by molar-refractivity contribution is 9.10. The number of anilines is 1. The molecular formula is C13H17BrN2O2. The Kier molecular flexibility index (Phi) is 4.35. The van der Waals surface area contributed by atoms with Crippen LogP contribution in [0.2, 0.25) is 0 Å². The third kappa shape index (κ3) is 2.90. The van der Waals surface area contributed by atoms with Crippen LogP contribution in [-0.4, -0.2) is 23.6 Å². The van der Waals surface area contributed by atoms with Crippen LogP contribution in [0.4, 0.5) is 5.82 Å². The number of pyridine rings is 1. The summed E-state index contributed by atoms with van der Waals surface area (Å²) in [6.45, 7) is 4.61. The standard InChI is InChI=1S/C13H17BrN2O2/c1-3-11-9(6-7-18-11)13(17)16-12-5-4-10(14)8(2)15-12/h4-5,9,11H,3,6-7H2,1-2H3,(H,15,16,17). The maximum absolute atomic E-state index is 12.1. The van der Waals surface area contributed by atoms with Crippen molar-refractivity contribution in [2.24, 2.45) is 5.92 Å². The molecule has 4 nitrogen and oxygen atoms in total. The minimum atomic E-state index is -0.0549. The van der Waals surface area contributed by atoms with Crippen LogP contribution in [-0.2, 0) is 9.53 Å². The Morgan fingerprint density at radius 1 is 1.61 bits per heavy atom. The zero-order chi connectivity index (χ0) is 13.1. The molecule has 1 aliphatic rings. The predicted octanol–water partition coefficient (Wildman–Crippen LogP) is 2.91. The van der Waals surface area contributed by atoms with E-state index in [2.05, 4.69) is 26.2 Å². The molecule has 0 saturated carbocycles.